The first-order valence-electron chi connectivity index (χ1n) is 5.70. The van der Waals surface area contributed by atoms with Crippen molar-refractivity contribution in [1.29, 1.82) is 0 Å². The van der Waals surface area contributed by atoms with E-state index in [-0.39, 0.29) is 0 Å². The van der Waals surface area contributed by atoms with Crippen molar-refractivity contribution in [3.8, 4) is 5.75 Å². The summed E-state index contributed by atoms with van der Waals surface area (Å²) in [5, 5.41) is 9.95. The van der Waals surface area contributed by atoms with Crippen LogP contribution in [-0.2, 0) is 6.42 Å². The molecule has 1 N–H and O–H groups in total. The SMILES string of the molecule is CCc1ccc2c(c1)C=C(C(C)(C)O)CO2. The van der Waals surface area contributed by atoms with Gasteiger partial charge in [0.25, 0.3) is 0 Å². The fourth-order valence-corrected chi connectivity index (χ4v) is 1.80. The molecule has 0 saturated carbocycles. The summed E-state index contributed by atoms with van der Waals surface area (Å²) in [6, 6.07) is 6.22. The van der Waals surface area contributed by atoms with Crippen LogP contribution >= 0.6 is 0 Å². The molecule has 1 aromatic carbocycles. The molecule has 2 rings (SSSR count). The van der Waals surface area contributed by atoms with Crippen LogP contribution in [0.1, 0.15) is 31.9 Å². The normalized spacial score (nSPS) is 15.1. The number of hydrogen-bond donors (Lipinski definition) is 1. The van der Waals surface area contributed by atoms with E-state index in [1.807, 2.05) is 12.1 Å². The number of rotatable bonds is 2. The molecule has 0 amide bonds. The van der Waals surface area contributed by atoms with E-state index >= 15 is 0 Å². The van der Waals surface area contributed by atoms with Gasteiger partial charge in [0, 0.05) is 5.56 Å². The minimum atomic E-state index is -0.806. The maximum atomic E-state index is 9.95. The Morgan fingerprint density at radius 3 is 2.75 bits per heavy atom. The van der Waals surface area contributed by atoms with Crippen molar-refractivity contribution in [2.75, 3.05) is 6.61 Å². The molecule has 16 heavy (non-hydrogen) atoms. The number of aryl methyl sites for hydroxylation is 1. The highest BCUT2D eigenvalue weighted by Crippen LogP contribution is 2.31. The fraction of sp³-hybridized carbons (Fsp3) is 0.429. The maximum absolute atomic E-state index is 9.95. The Bertz CT molecular complexity index is 425. The third-order valence-corrected chi connectivity index (χ3v) is 2.98. The molecule has 0 atom stereocenters. The second-order valence-corrected chi connectivity index (χ2v) is 4.74. The molecule has 1 aromatic rings. The molecule has 0 bridgehead atoms. The summed E-state index contributed by atoms with van der Waals surface area (Å²) in [6.07, 6.45) is 3.05. The van der Waals surface area contributed by atoms with Crippen LogP contribution in [0.2, 0.25) is 0 Å². The van der Waals surface area contributed by atoms with E-state index in [2.05, 4.69) is 19.1 Å². The first-order valence-corrected chi connectivity index (χ1v) is 5.70. The molecule has 2 heteroatoms. The van der Waals surface area contributed by atoms with Gasteiger partial charge in [0.15, 0.2) is 0 Å². The Balaban J connectivity index is 2.41. The summed E-state index contributed by atoms with van der Waals surface area (Å²) in [5.74, 6) is 0.908. The summed E-state index contributed by atoms with van der Waals surface area (Å²) in [6.45, 7) is 6.18. The molecule has 0 aromatic heterocycles. The molecule has 0 spiro atoms. The standard InChI is InChI=1S/C14H18O2/c1-4-10-5-6-13-11(7-10)8-12(9-16-13)14(2,3)15/h5-8,15H,4,9H2,1-3H3. The van der Waals surface area contributed by atoms with Crippen molar-refractivity contribution in [3.05, 3.63) is 34.9 Å². The predicted octanol–water partition coefficient (Wildman–Crippen LogP) is 2.80. The average Bonchev–Trinajstić information content (AvgIpc) is 2.26. The van der Waals surface area contributed by atoms with Crippen molar-refractivity contribution >= 4 is 6.08 Å². The van der Waals surface area contributed by atoms with E-state index < -0.39 is 5.60 Å². The molecule has 0 radical (unpaired) electrons. The van der Waals surface area contributed by atoms with Gasteiger partial charge in [-0.15, -0.1) is 0 Å². The molecule has 0 fully saturated rings. The third-order valence-electron chi connectivity index (χ3n) is 2.98. The smallest absolute Gasteiger partial charge is 0.127 e. The average molecular weight is 218 g/mol. The van der Waals surface area contributed by atoms with Crippen molar-refractivity contribution in [2.45, 2.75) is 32.8 Å². The lowest BCUT2D eigenvalue weighted by Gasteiger charge is -2.26. The number of benzene rings is 1. The van der Waals surface area contributed by atoms with Crippen molar-refractivity contribution in [1.82, 2.24) is 0 Å². The summed E-state index contributed by atoms with van der Waals surface area (Å²) in [7, 11) is 0. The molecule has 0 aliphatic carbocycles. The van der Waals surface area contributed by atoms with Crippen LogP contribution in [-0.4, -0.2) is 17.3 Å². The first kappa shape index (κ1) is 11.2. The van der Waals surface area contributed by atoms with Crippen LogP contribution in [0.3, 0.4) is 0 Å². The van der Waals surface area contributed by atoms with E-state index in [9.17, 15) is 5.11 Å². The lowest BCUT2D eigenvalue weighted by atomic mass is 9.94. The van der Waals surface area contributed by atoms with Gasteiger partial charge in [-0.3, -0.25) is 0 Å². The summed E-state index contributed by atoms with van der Waals surface area (Å²) >= 11 is 0. The van der Waals surface area contributed by atoms with Gasteiger partial charge in [0.2, 0.25) is 0 Å². The second-order valence-electron chi connectivity index (χ2n) is 4.74. The minimum absolute atomic E-state index is 0.474. The molecule has 1 aliphatic heterocycles. The zero-order valence-corrected chi connectivity index (χ0v) is 10.1. The van der Waals surface area contributed by atoms with Gasteiger partial charge in [0.05, 0.1) is 5.60 Å². The van der Waals surface area contributed by atoms with Crippen LogP contribution in [0.15, 0.2) is 23.8 Å². The highest BCUT2D eigenvalue weighted by Gasteiger charge is 2.23. The molecular weight excluding hydrogens is 200 g/mol. The second kappa shape index (κ2) is 3.95. The van der Waals surface area contributed by atoms with Crippen LogP contribution in [0.25, 0.3) is 6.08 Å². The zero-order chi connectivity index (χ0) is 11.8. The summed E-state index contributed by atoms with van der Waals surface area (Å²) in [5.41, 5.74) is 2.48. The van der Waals surface area contributed by atoms with Gasteiger partial charge >= 0.3 is 0 Å². The largest absolute Gasteiger partial charge is 0.489 e. The van der Waals surface area contributed by atoms with Gasteiger partial charge in [-0.1, -0.05) is 13.0 Å². The minimum Gasteiger partial charge on any atom is -0.489 e. The van der Waals surface area contributed by atoms with Gasteiger partial charge in [0.1, 0.15) is 12.4 Å². The number of aliphatic hydroxyl groups is 1. The first-order chi connectivity index (χ1) is 7.50. The van der Waals surface area contributed by atoms with Gasteiger partial charge in [-0.2, -0.15) is 0 Å². The summed E-state index contributed by atoms with van der Waals surface area (Å²) in [4.78, 5) is 0. The molecule has 0 unspecified atom stereocenters. The van der Waals surface area contributed by atoms with Gasteiger partial charge in [-0.25, -0.2) is 0 Å². The highest BCUT2D eigenvalue weighted by molar-refractivity contribution is 5.64. The van der Waals surface area contributed by atoms with E-state index in [1.165, 1.54) is 5.56 Å². The molecule has 0 saturated heterocycles. The van der Waals surface area contributed by atoms with E-state index in [4.69, 9.17) is 4.74 Å². The zero-order valence-electron chi connectivity index (χ0n) is 10.1. The topological polar surface area (TPSA) is 29.5 Å². The number of ether oxygens (including phenoxy) is 1. The monoisotopic (exact) mass is 218 g/mol. The Labute approximate surface area is 96.6 Å². The molecule has 2 nitrogen and oxygen atoms in total. The van der Waals surface area contributed by atoms with E-state index in [0.29, 0.717) is 6.61 Å². The number of hydrogen-bond acceptors (Lipinski definition) is 2. The van der Waals surface area contributed by atoms with E-state index in [1.54, 1.807) is 13.8 Å². The Morgan fingerprint density at radius 2 is 2.12 bits per heavy atom. The Morgan fingerprint density at radius 1 is 1.38 bits per heavy atom. The number of fused-ring (bicyclic) bond motifs is 1. The van der Waals surface area contributed by atoms with Gasteiger partial charge in [-0.05, 0) is 49.6 Å². The Hall–Kier alpha value is -1.28. The maximum Gasteiger partial charge on any atom is 0.127 e. The van der Waals surface area contributed by atoms with Gasteiger partial charge < -0.3 is 9.84 Å². The quantitative estimate of drug-likeness (QED) is 0.827. The molecule has 86 valence electrons. The molecular formula is C14H18O2. The van der Waals surface area contributed by atoms with Crippen LogP contribution in [0.4, 0.5) is 0 Å². The van der Waals surface area contributed by atoms with Crippen molar-refractivity contribution < 1.29 is 9.84 Å². The molecule has 1 aliphatic rings. The third kappa shape index (κ3) is 2.12. The molecule has 1 heterocycles. The summed E-state index contributed by atoms with van der Waals surface area (Å²) < 4.78 is 5.63. The lowest BCUT2D eigenvalue weighted by molar-refractivity contribution is 0.107. The Kier molecular flexibility index (Phi) is 2.76. The van der Waals surface area contributed by atoms with Crippen molar-refractivity contribution in [2.24, 2.45) is 0 Å². The lowest BCUT2D eigenvalue weighted by Crippen LogP contribution is -2.27. The fourth-order valence-electron chi connectivity index (χ4n) is 1.80. The van der Waals surface area contributed by atoms with Crippen LogP contribution in [0, 0.1) is 0 Å². The van der Waals surface area contributed by atoms with E-state index in [0.717, 1.165) is 23.3 Å². The van der Waals surface area contributed by atoms with Crippen LogP contribution < -0.4 is 4.74 Å². The highest BCUT2D eigenvalue weighted by atomic mass is 16.5. The van der Waals surface area contributed by atoms with Crippen molar-refractivity contribution in [3.63, 3.8) is 0 Å². The van der Waals surface area contributed by atoms with Crippen LogP contribution in [0.5, 0.6) is 5.75 Å². The predicted molar refractivity (Wildman–Crippen MR) is 65.6 cm³/mol.